The minimum Gasteiger partial charge on any atom is -0.439 e. The van der Waals surface area contributed by atoms with Gasteiger partial charge in [0.05, 0.1) is 0 Å². The van der Waals surface area contributed by atoms with Gasteiger partial charge in [-0.05, 0) is 42.3 Å². The van der Waals surface area contributed by atoms with Crippen LogP contribution in [0.1, 0.15) is 5.56 Å². The summed E-state index contributed by atoms with van der Waals surface area (Å²) in [5.74, 6) is 1.18. The summed E-state index contributed by atoms with van der Waals surface area (Å²) in [6, 6.07) is 7.41. The monoisotopic (exact) mass is 298 g/mol. The zero-order chi connectivity index (χ0) is 11.5. The molecule has 0 aliphatic rings. The summed E-state index contributed by atoms with van der Waals surface area (Å²) in [6.45, 7) is 1.96. The van der Waals surface area contributed by atoms with Crippen molar-refractivity contribution in [2.24, 2.45) is 0 Å². The standard InChI is InChI=1S/C11H8BrClN2O/c1-7-6-8(12)2-3-9(7)16-10-4-5-14-11(13)15-10/h2-6H,1H3. The van der Waals surface area contributed by atoms with E-state index < -0.39 is 0 Å². The molecule has 0 saturated carbocycles. The molecule has 3 nitrogen and oxygen atoms in total. The van der Waals surface area contributed by atoms with Crippen LogP contribution in [0.15, 0.2) is 34.9 Å². The van der Waals surface area contributed by atoms with Gasteiger partial charge in [0.25, 0.3) is 0 Å². The van der Waals surface area contributed by atoms with Crippen molar-refractivity contribution in [1.29, 1.82) is 0 Å². The summed E-state index contributed by atoms with van der Waals surface area (Å²) in [7, 11) is 0. The Bertz CT molecular complexity index is 519. The average molecular weight is 300 g/mol. The number of aryl methyl sites for hydroxylation is 1. The molecule has 1 aromatic carbocycles. The molecule has 0 saturated heterocycles. The van der Waals surface area contributed by atoms with Gasteiger partial charge in [0, 0.05) is 16.7 Å². The molecule has 0 radical (unpaired) electrons. The molecule has 0 unspecified atom stereocenters. The van der Waals surface area contributed by atoms with Gasteiger partial charge in [-0.15, -0.1) is 0 Å². The Morgan fingerprint density at radius 3 is 2.81 bits per heavy atom. The number of aromatic nitrogens is 2. The zero-order valence-electron chi connectivity index (χ0n) is 8.45. The molecule has 0 spiro atoms. The highest BCUT2D eigenvalue weighted by Crippen LogP contribution is 2.26. The third-order valence-corrected chi connectivity index (χ3v) is 2.63. The molecule has 2 rings (SSSR count). The van der Waals surface area contributed by atoms with Crippen molar-refractivity contribution in [3.63, 3.8) is 0 Å². The van der Waals surface area contributed by atoms with Crippen molar-refractivity contribution < 1.29 is 4.74 Å². The highest BCUT2D eigenvalue weighted by atomic mass is 79.9. The number of benzene rings is 1. The van der Waals surface area contributed by atoms with Crippen LogP contribution in [0.2, 0.25) is 5.28 Å². The third kappa shape index (κ3) is 2.71. The predicted molar refractivity (Wildman–Crippen MR) is 66.0 cm³/mol. The number of hydrogen-bond donors (Lipinski definition) is 0. The summed E-state index contributed by atoms with van der Waals surface area (Å²) in [5, 5.41) is 0.173. The van der Waals surface area contributed by atoms with Gasteiger partial charge in [-0.2, -0.15) is 4.98 Å². The first-order valence-electron chi connectivity index (χ1n) is 4.58. The molecule has 0 aliphatic carbocycles. The Morgan fingerprint density at radius 2 is 2.12 bits per heavy atom. The van der Waals surface area contributed by atoms with Crippen LogP contribution in [0.3, 0.4) is 0 Å². The second-order valence-electron chi connectivity index (χ2n) is 3.18. The topological polar surface area (TPSA) is 35.0 Å². The van der Waals surface area contributed by atoms with Crippen LogP contribution in [-0.4, -0.2) is 9.97 Å². The highest BCUT2D eigenvalue weighted by Gasteiger charge is 2.03. The number of ether oxygens (including phenoxy) is 1. The van der Waals surface area contributed by atoms with E-state index in [1.165, 1.54) is 0 Å². The second-order valence-corrected chi connectivity index (χ2v) is 4.43. The quantitative estimate of drug-likeness (QED) is 0.786. The normalized spacial score (nSPS) is 10.2. The van der Waals surface area contributed by atoms with Crippen LogP contribution in [0.4, 0.5) is 0 Å². The van der Waals surface area contributed by atoms with E-state index in [1.54, 1.807) is 12.3 Å². The molecule has 1 heterocycles. The van der Waals surface area contributed by atoms with Crippen LogP contribution in [0.25, 0.3) is 0 Å². The van der Waals surface area contributed by atoms with E-state index in [2.05, 4.69) is 25.9 Å². The summed E-state index contributed by atoms with van der Waals surface area (Å²) < 4.78 is 6.60. The van der Waals surface area contributed by atoms with E-state index >= 15 is 0 Å². The van der Waals surface area contributed by atoms with E-state index in [0.717, 1.165) is 15.8 Å². The summed E-state index contributed by atoms with van der Waals surface area (Å²) in [4.78, 5) is 7.74. The van der Waals surface area contributed by atoms with Crippen molar-refractivity contribution >= 4 is 27.5 Å². The molecule has 0 fully saturated rings. The Hall–Kier alpha value is -1.13. The zero-order valence-corrected chi connectivity index (χ0v) is 10.8. The Morgan fingerprint density at radius 1 is 1.31 bits per heavy atom. The molecule has 1 aromatic heterocycles. The summed E-state index contributed by atoms with van der Waals surface area (Å²) in [5.41, 5.74) is 1.02. The van der Waals surface area contributed by atoms with Crippen molar-refractivity contribution in [2.45, 2.75) is 6.92 Å². The minimum absolute atomic E-state index is 0.173. The third-order valence-electron chi connectivity index (χ3n) is 1.95. The smallest absolute Gasteiger partial charge is 0.225 e. The molecule has 0 amide bonds. The lowest BCUT2D eigenvalue weighted by Gasteiger charge is -2.07. The van der Waals surface area contributed by atoms with Gasteiger partial charge >= 0.3 is 0 Å². The van der Waals surface area contributed by atoms with Crippen LogP contribution in [0, 0.1) is 6.92 Å². The second kappa shape index (κ2) is 4.80. The lowest BCUT2D eigenvalue weighted by atomic mass is 10.2. The molecule has 0 atom stereocenters. The van der Waals surface area contributed by atoms with Gasteiger partial charge in [-0.3, -0.25) is 0 Å². The number of nitrogens with zero attached hydrogens (tertiary/aromatic N) is 2. The van der Waals surface area contributed by atoms with Crippen molar-refractivity contribution in [2.75, 3.05) is 0 Å². The maximum absolute atomic E-state index is 5.67. The van der Waals surface area contributed by atoms with Gasteiger partial charge in [-0.25, -0.2) is 4.98 Å². The molecule has 0 aliphatic heterocycles. The lowest BCUT2D eigenvalue weighted by molar-refractivity contribution is 0.458. The van der Waals surface area contributed by atoms with E-state index in [-0.39, 0.29) is 5.28 Å². The summed E-state index contributed by atoms with van der Waals surface area (Å²) in [6.07, 6.45) is 1.55. The van der Waals surface area contributed by atoms with Crippen molar-refractivity contribution in [3.05, 3.63) is 45.8 Å². The first-order chi connectivity index (χ1) is 7.65. The van der Waals surface area contributed by atoms with Gasteiger partial charge in [0.2, 0.25) is 11.2 Å². The fourth-order valence-electron chi connectivity index (χ4n) is 1.22. The number of rotatable bonds is 2. The predicted octanol–water partition coefficient (Wildman–Crippen LogP) is 3.99. The average Bonchev–Trinajstić information content (AvgIpc) is 2.22. The van der Waals surface area contributed by atoms with Gasteiger partial charge < -0.3 is 4.74 Å². The fourth-order valence-corrected chi connectivity index (χ4v) is 1.83. The van der Waals surface area contributed by atoms with Crippen molar-refractivity contribution in [3.8, 4) is 11.6 Å². The molecule has 82 valence electrons. The number of hydrogen-bond acceptors (Lipinski definition) is 3. The van der Waals surface area contributed by atoms with Gasteiger partial charge in [-0.1, -0.05) is 15.9 Å². The van der Waals surface area contributed by atoms with E-state index in [4.69, 9.17) is 16.3 Å². The van der Waals surface area contributed by atoms with Gasteiger partial charge in [0.1, 0.15) is 5.75 Å². The Labute approximate surface area is 107 Å². The maximum Gasteiger partial charge on any atom is 0.225 e. The van der Waals surface area contributed by atoms with E-state index in [9.17, 15) is 0 Å². The van der Waals surface area contributed by atoms with Gasteiger partial charge in [0.15, 0.2) is 0 Å². The molecule has 2 aromatic rings. The maximum atomic E-state index is 5.67. The minimum atomic E-state index is 0.173. The molecule has 0 N–H and O–H groups in total. The molecular formula is C11H8BrClN2O. The lowest BCUT2D eigenvalue weighted by Crippen LogP contribution is -1.91. The van der Waals surface area contributed by atoms with E-state index in [0.29, 0.717) is 5.88 Å². The molecule has 16 heavy (non-hydrogen) atoms. The molecule has 5 heteroatoms. The summed E-state index contributed by atoms with van der Waals surface area (Å²) >= 11 is 9.06. The largest absolute Gasteiger partial charge is 0.439 e. The van der Waals surface area contributed by atoms with Crippen LogP contribution in [0.5, 0.6) is 11.6 Å². The molecular weight excluding hydrogens is 291 g/mol. The van der Waals surface area contributed by atoms with Crippen LogP contribution in [-0.2, 0) is 0 Å². The Kier molecular flexibility index (Phi) is 3.41. The van der Waals surface area contributed by atoms with Crippen LogP contribution >= 0.6 is 27.5 Å². The van der Waals surface area contributed by atoms with Crippen molar-refractivity contribution in [1.82, 2.24) is 9.97 Å². The first-order valence-corrected chi connectivity index (χ1v) is 5.75. The SMILES string of the molecule is Cc1cc(Br)ccc1Oc1ccnc(Cl)n1. The Balaban J connectivity index is 2.27. The number of halogens is 2. The van der Waals surface area contributed by atoms with E-state index in [1.807, 2.05) is 25.1 Å². The van der Waals surface area contributed by atoms with Crippen LogP contribution < -0.4 is 4.74 Å². The fraction of sp³-hybridized carbons (Fsp3) is 0.0909. The molecule has 0 bridgehead atoms. The highest BCUT2D eigenvalue weighted by molar-refractivity contribution is 9.10. The first kappa shape index (κ1) is 11.4.